The number of aryl methyl sites for hydroxylation is 1. The van der Waals surface area contributed by atoms with E-state index in [-0.39, 0.29) is 12.3 Å². The van der Waals surface area contributed by atoms with Crippen LogP contribution in [-0.4, -0.2) is 54.1 Å². The van der Waals surface area contributed by atoms with Gasteiger partial charge in [-0.15, -0.1) is 0 Å². The summed E-state index contributed by atoms with van der Waals surface area (Å²) in [4.78, 5) is 25.3. The Morgan fingerprint density at radius 1 is 1.29 bits per heavy atom. The number of carboxylic acids is 1. The SMILES string of the molecule is Cc1ccc(NC(=O)C[C@H](C(=O)O)N2CCNCC2)cc1. The summed E-state index contributed by atoms with van der Waals surface area (Å²) in [6, 6.07) is 6.67. The fourth-order valence-corrected chi connectivity index (χ4v) is 2.39. The number of anilines is 1. The van der Waals surface area contributed by atoms with E-state index < -0.39 is 12.0 Å². The minimum absolute atomic E-state index is 0.0385. The Morgan fingerprint density at radius 3 is 2.48 bits per heavy atom. The average Bonchev–Trinajstić information content (AvgIpc) is 2.48. The topological polar surface area (TPSA) is 81.7 Å². The number of piperazine rings is 1. The third-order valence-corrected chi connectivity index (χ3v) is 3.59. The summed E-state index contributed by atoms with van der Waals surface area (Å²) in [7, 11) is 0. The molecule has 1 amide bonds. The number of carbonyl (C=O) groups is 2. The number of benzene rings is 1. The first kappa shape index (κ1) is 15.5. The molecule has 0 unspecified atom stereocenters. The van der Waals surface area contributed by atoms with Crippen molar-refractivity contribution in [2.24, 2.45) is 0 Å². The second-order valence-corrected chi connectivity index (χ2v) is 5.26. The Morgan fingerprint density at radius 2 is 1.90 bits per heavy atom. The Kier molecular flexibility index (Phi) is 5.30. The van der Waals surface area contributed by atoms with Crippen LogP contribution in [0.25, 0.3) is 0 Å². The number of nitrogens with zero attached hydrogens (tertiary/aromatic N) is 1. The van der Waals surface area contributed by atoms with Gasteiger partial charge in [-0.05, 0) is 19.1 Å². The van der Waals surface area contributed by atoms with E-state index in [9.17, 15) is 14.7 Å². The molecule has 0 bridgehead atoms. The van der Waals surface area contributed by atoms with Crippen molar-refractivity contribution >= 4 is 17.6 Å². The quantitative estimate of drug-likeness (QED) is 0.743. The third kappa shape index (κ3) is 4.54. The van der Waals surface area contributed by atoms with Crippen LogP contribution in [-0.2, 0) is 9.59 Å². The number of nitrogens with one attached hydrogen (secondary N) is 2. The molecule has 1 aliphatic rings. The standard InChI is InChI=1S/C15H21N3O3/c1-11-2-4-12(5-3-11)17-14(19)10-13(15(20)21)18-8-6-16-7-9-18/h2-5,13,16H,6-10H2,1H3,(H,17,19)(H,20,21)/t13-/m1/s1. The number of hydrogen-bond donors (Lipinski definition) is 3. The van der Waals surface area contributed by atoms with Crippen molar-refractivity contribution in [2.75, 3.05) is 31.5 Å². The van der Waals surface area contributed by atoms with Gasteiger partial charge in [0.25, 0.3) is 0 Å². The van der Waals surface area contributed by atoms with Crippen LogP contribution in [0.3, 0.4) is 0 Å². The smallest absolute Gasteiger partial charge is 0.321 e. The Labute approximate surface area is 124 Å². The molecule has 6 nitrogen and oxygen atoms in total. The lowest BCUT2D eigenvalue weighted by Gasteiger charge is -2.32. The number of aliphatic carboxylic acids is 1. The fraction of sp³-hybridized carbons (Fsp3) is 0.467. The molecule has 114 valence electrons. The Hall–Kier alpha value is -1.92. The summed E-state index contributed by atoms with van der Waals surface area (Å²) in [6.45, 7) is 4.77. The Bertz CT molecular complexity index is 495. The Balaban J connectivity index is 1.94. The van der Waals surface area contributed by atoms with Crippen LogP contribution >= 0.6 is 0 Å². The molecule has 0 aliphatic carbocycles. The van der Waals surface area contributed by atoms with E-state index in [1.807, 2.05) is 36.1 Å². The van der Waals surface area contributed by atoms with Crippen LogP contribution in [0.15, 0.2) is 24.3 Å². The van der Waals surface area contributed by atoms with E-state index in [0.29, 0.717) is 18.8 Å². The van der Waals surface area contributed by atoms with Crippen LogP contribution in [0.4, 0.5) is 5.69 Å². The van der Waals surface area contributed by atoms with Gasteiger partial charge < -0.3 is 15.7 Å². The van der Waals surface area contributed by atoms with Gasteiger partial charge in [0.2, 0.25) is 5.91 Å². The van der Waals surface area contributed by atoms with Crippen LogP contribution in [0.1, 0.15) is 12.0 Å². The second-order valence-electron chi connectivity index (χ2n) is 5.26. The molecule has 0 spiro atoms. The molecule has 6 heteroatoms. The van der Waals surface area contributed by atoms with Crippen molar-refractivity contribution in [2.45, 2.75) is 19.4 Å². The van der Waals surface area contributed by atoms with Crippen LogP contribution in [0, 0.1) is 6.92 Å². The molecule has 1 fully saturated rings. The number of carbonyl (C=O) groups excluding carboxylic acids is 1. The predicted molar refractivity (Wildman–Crippen MR) is 80.3 cm³/mol. The van der Waals surface area contributed by atoms with E-state index in [0.717, 1.165) is 18.7 Å². The van der Waals surface area contributed by atoms with E-state index in [1.165, 1.54) is 0 Å². The molecule has 1 aliphatic heterocycles. The maximum absolute atomic E-state index is 12.0. The van der Waals surface area contributed by atoms with Gasteiger partial charge >= 0.3 is 5.97 Å². The minimum atomic E-state index is -0.948. The number of rotatable bonds is 5. The van der Waals surface area contributed by atoms with Gasteiger partial charge in [-0.3, -0.25) is 14.5 Å². The van der Waals surface area contributed by atoms with Crippen molar-refractivity contribution < 1.29 is 14.7 Å². The first-order chi connectivity index (χ1) is 10.1. The van der Waals surface area contributed by atoms with Gasteiger partial charge in [-0.1, -0.05) is 17.7 Å². The third-order valence-electron chi connectivity index (χ3n) is 3.59. The lowest BCUT2D eigenvalue weighted by atomic mass is 10.1. The molecule has 1 atom stereocenters. The summed E-state index contributed by atoms with van der Waals surface area (Å²) in [6.07, 6.45) is -0.0385. The van der Waals surface area contributed by atoms with Gasteiger partial charge in [0, 0.05) is 31.9 Å². The second kappa shape index (κ2) is 7.19. The van der Waals surface area contributed by atoms with Crippen molar-refractivity contribution in [3.63, 3.8) is 0 Å². The molecular weight excluding hydrogens is 270 g/mol. The molecule has 3 N–H and O–H groups in total. The normalized spacial score (nSPS) is 17.2. The number of amides is 1. The first-order valence-corrected chi connectivity index (χ1v) is 7.10. The predicted octanol–water partition coefficient (Wildman–Crippen LogP) is 0.682. The van der Waals surface area contributed by atoms with Gasteiger partial charge in [-0.2, -0.15) is 0 Å². The van der Waals surface area contributed by atoms with Gasteiger partial charge in [-0.25, -0.2) is 0 Å². The fourth-order valence-electron chi connectivity index (χ4n) is 2.39. The highest BCUT2D eigenvalue weighted by molar-refractivity contribution is 5.94. The largest absolute Gasteiger partial charge is 0.480 e. The summed E-state index contributed by atoms with van der Waals surface area (Å²) >= 11 is 0. The zero-order valence-corrected chi connectivity index (χ0v) is 12.1. The summed E-state index contributed by atoms with van der Waals surface area (Å²) in [5.41, 5.74) is 1.80. The van der Waals surface area contributed by atoms with Crippen molar-refractivity contribution in [3.05, 3.63) is 29.8 Å². The molecule has 2 rings (SSSR count). The molecule has 1 aromatic carbocycles. The first-order valence-electron chi connectivity index (χ1n) is 7.10. The molecule has 0 radical (unpaired) electrons. The molecular formula is C15H21N3O3. The zero-order chi connectivity index (χ0) is 15.2. The molecule has 1 aromatic rings. The lowest BCUT2D eigenvalue weighted by molar-refractivity contribution is -0.145. The summed E-state index contributed by atoms with van der Waals surface area (Å²) in [5, 5.41) is 15.3. The summed E-state index contributed by atoms with van der Waals surface area (Å²) in [5.74, 6) is -1.22. The van der Waals surface area contributed by atoms with E-state index in [4.69, 9.17) is 0 Å². The van der Waals surface area contributed by atoms with Crippen molar-refractivity contribution in [1.82, 2.24) is 10.2 Å². The highest BCUT2D eigenvalue weighted by Crippen LogP contribution is 2.12. The van der Waals surface area contributed by atoms with Crippen LogP contribution < -0.4 is 10.6 Å². The van der Waals surface area contributed by atoms with E-state index in [2.05, 4.69) is 10.6 Å². The molecule has 21 heavy (non-hydrogen) atoms. The number of carboxylic acid groups (broad SMARTS) is 1. The molecule has 0 saturated carbocycles. The van der Waals surface area contributed by atoms with Crippen molar-refractivity contribution in [1.29, 1.82) is 0 Å². The highest BCUT2D eigenvalue weighted by Gasteiger charge is 2.28. The maximum atomic E-state index is 12.0. The summed E-state index contributed by atoms with van der Waals surface area (Å²) < 4.78 is 0. The highest BCUT2D eigenvalue weighted by atomic mass is 16.4. The minimum Gasteiger partial charge on any atom is -0.480 e. The lowest BCUT2D eigenvalue weighted by Crippen LogP contribution is -2.52. The zero-order valence-electron chi connectivity index (χ0n) is 12.1. The monoisotopic (exact) mass is 291 g/mol. The van der Waals surface area contributed by atoms with Gasteiger partial charge in [0.1, 0.15) is 6.04 Å². The van der Waals surface area contributed by atoms with E-state index >= 15 is 0 Å². The average molecular weight is 291 g/mol. The van der Waals surface area contributed by atoms with E-state index in [1.54, 1.807) is 0 Å². The molecule has 1 heterocycles. The van der Waals surface area contributed by atoms with Crippen LogP contribution in [0.2, 0.25) is 0 Å². The maximum Gasteiger partial charge on any atom is 0.321 e. The number of hydrogen-bond acceptors (Lipinski definition) is 4. The molecule has 1 saturated heterocycles. The van der Waals surface area contributed by atoms with Gasteiger partial charge in [0.15, 0.2) is 0 Å². The van der Waals surface area contributed by atoms with Crippen LogP contribution in [0.5, 0.6) is 0 Å². The van der Waals surface area contributed by atoms with Gasteiger partial charge in [0.05, 0.1) is 6.42 Å². The van der Waals surface area contributed by atoms with Crippen molar-refractivity contribution in [3.8, 4) is 0 Å². The molecule has 0 aromatic heterocycles.